The van der Waals surface area contributed by atoms with E-state index in [4.69, 9.17) is 5.26 Å². The number of carbonyl (C=O) groups is 1. The third-order valence-corrected chi connectivity index (χ3v) is 4.94. The first kappa shape index (κ1) is 18.7. The second kappa shape index (κ2) is 7.49. The van der Waals surface area contributed by atoms with Crippen LogP contribution in [0.1, 0.15) is 35.3 Å². The fourth-order valence-electron chi connectivity index (χ4n) is 2.40. The lowest BCUT2D eigenvalue weighted by atomic mass is 10.1. The molecule has 0 heterocycles. The molecule has 2 rings (SSSR count). The zero-order valence-electron chi connectivity index (χ0n) is 14.4. The zero-order chi connectivity index (χ0) is 18.6. The molecular weight excluding hydrogens is 336 g/mol. The van der Waals surface area contributed by atoms with E-state index in [0.29, 0.717) is 17.7 Å². The van der Waals surface area contributed by atoms with Crippen LogP contribution in [0.2, 0.25) is 0 Å². The predicted octanol–water partition coefficient (Wildman–Crippen LogP) is 3.01. The Hall–Kier alpha value is -2.65. The van der Waals surface area contributed by atoms with Gasteiger partial charge in [0.05, 0.1) is 16.5 Å². The molecule has 0 N–H and O–H groups in total. The molecule has 5 nitrogen and oxygen atoms in total. The van der Waals surface area contributed by atoms with Gasteiger partial charge in [0, 0.05) is 24.4 Å². The molecule has 0 aliphatic rings. The fraction of sp³-hybridized carbons (Fsp3) is 0.263. The quantitative estimate of drug-likeness (QED) is 0.825. The van der Waals surface area contributed by atoms with E-state index in [2.05, 4.69) is 6.07 Å². The maximum atomic E-state index is 12.9. The molecule has 0 radical (unpaired) electrons. The highest BCUT2D eigenvalue weighted by atomic mass is 32.2. The summed E-state index contributed by atoms with van der Waals surface area (Å²) in [5, 5.41) is 8.86. The van der Waals surface area contributed by atoms with Crippen molar-refractivity contribution in [3.63, 3.8) is 0 Å². The molecule has 0 bridgehead atoms. The molecule has 130 valence electrons. The third-order valence-electron chi connectivity index (χ3n) is 3.83. The van der Waals surface area contributed by atoms with Crippen LogP contribution in [-0.4, -0.2) is 31.5 Å². The van der Waals surface area contributed by atoms with Crippen LogP contribution in [0.15, 0.2) is 53.4 Å². The maximum Gasteiger partial charge on any atom is 0.254 e. The molecular formula is C19H20N2O3S. The monoisotopic (exact) mass is 356 g/mol. The van der Waals surface area contributed by atoms with Gasteiger partial charge in [-0.15, -0.1) is 0 Å². The molecule has 0 spiro atoms. The lowest BCUT2D eigenvalue weighted by Gasteiger charge is -2.27. The Bertz CT molecular complexity index is 910. The van der Waals surface area contributed by atoms with E-state index in [0.717, 1.165) is 11.8 Å². The van der Waals surface area contributed by atoms with Crippen LogP contribution < -0.4 is 0 Å². The molecule has 0 saturated heterocycles. The van der Waals surface area contributed by atoms with Crippen molar-refractivity contribution in [1.29, 1.82) is 5.26 Å². The summed E-state index contributed by atoms with van der Waals surface area (Å²) in [4.78, 5) is 14.7. The molecule has 0 aliphatic heterocycles. The van der Waals surface area contributed by atoms with Crippen molar-refractivity contribution < 1.29 is 13.2 Å². The Morgan fingerprint density at radius 2 is 1.80 bits per heavy atom. The largest absolute Gasteiger partial charge is 0.332 e. The van der Waals surface area contributed by atoms with E-state index in [1.165, 1.54) is 12.1 Å². The van der Waals surface area contributed by atoms with Crippen molar-refractivity contribution in [2.24, 2.45) is 0 Å². The number of nitrogens with zero attached hydrogens (tertiary/aromatic N) is 2. The summed E-state index contributed by atoms with van der Waals surface area (Å²) in [5.74, 6) is -0.232. The van der Waals surface area contributed by atoms with Gasteiger partial charge in [0.2, 0.25) is 0 Å². The van der Waals surface area contributed by atoms with E-state index < -0.39 is 9.84 Å². The van der Waals surface area contributed by atoms with Gasteiger partial charge < -0.3 is 4.90 Å². The maximum absolute atomic E-state index is 12.9. The van der Waals surface area contributed by atoms with Gasteiger partial charge in [-0.3, -0.25) is 4.79 Å². The minimum atomic E-state index is -3.37. The summed E-state index contributed by atoms with van der Waals surface area (Å²) >= 11 is 0. The SMILES string of the molecule is CC(C)N(Cc1ccc(C#N)cc1)C(=O)c1cccc(S(C)(=O)=O)c1. The number of rotatable bonds is 5. The highest BCUT2D eigenvalue weighted by Gasteiger charge is 2.20. The lowest BCUT2D eigenvalue weighted by Crippen LogP contribution is -2.36. The van der Waals surface area contributed by atoms with E-state index in [1.54, 1.807) is 29.2 Å². The number of benzene rings is 2. The molecule has 0 unspecified atom stereocenters. The average Bonchev–Trinajstić information content (AvgIpc) is 2.58. The van der Waals surface area contributed by atoms with Crippen molar-refractivity contribution >= 4 is 15.7 Å². The average molecular weight is 356 g/mol. The number of hydrogen-bond acceptors (Lipinski definition) is 4. The van der Waals surface area contributed by atoms with Crippen LogP contribution >= 0.6 is 0 Å². The number of carbonyl (C=O) groups excluding carboxylic acids is 1. The summed E-state index contributed by atoms with van der Waals surface area (Å²) < 4.78 is 23.4. The number of nitriles is 1. The topological polar surface area (TPSA) is 78.2 Å². The van der Waals surface area contributed by atoms with Gasteiger partial charge in [0.25, 0.3) is 5.91 Å². The van der Waals surface area contributed by atoms with Crippen molar-refractivity contribution in [3.8, 4) is 6.07 Å². The van der Waals surface area contributed by atoms with Crippen LogP contribution in [0.4, 0.5) is 0 Å². The molecule has 2 aromatic carbocycles. The first-order chi connectivity index (χ1) is 11.7. The highest BCUT2D eigenvalue weighted by molar-refractivity contribution is 7.90. The molecule has 0 saturated carbocycles. The molecule has 0 fully saturated rings. The van der Waals surface area contributed by atoms with E-state index >= 15 is 0 Å². The standard InChI is InChI=1S/C19H20N2O3S/c1-14(2)21(13-16-9-7-15(12-20)8-10-16)19(22)17-5-4-6-18(11-17)25(3,23)24/h4-11,14H,13H2,1-3H3. The van der Waals surface area contributed by atoms with Crippen molar-refractivity contribution in [3.05, 3.63) is 65.2 Å². The molecule has 1 amide bonds. The zero-order valence-corrected chi connectivity index (χ0v) is 15.2. The summed E-state index contributed by atoms with van der Waals surface area (Å²) in [6.45, 7) is 4.19. The number of amides is 1. The van der Waals surface area contributed by atoms with Gasteiger partial charge in [0.15, 0.2) is 9.84 Å². The minimum absolute atomic E-state index is 0.0648. The molecule has 0 atom stereocenters. The molecule has 6 heteroatoms. The van der Waals surface area contributed by atoms with Gasteiger partial charge in [-0.05, 0) is 49.7 Å². The molecule has 0 aliphatic carbocycles. The Morgan fingerprint density at radius 1 is 1.16 bits per heavy atom. The normalized spacial score (nSPS) is 11.2. The van der Waals surface area contributed by atoms with Crippen molar-refractivity contribution in [2.75, 3.05) is 6.26 Å². The van der Waals surface area contributed by atoms with Gasteiger partial charge >= 0.3 is 0 Å². The summed E-state index contributed by atoms with van der Waals surface area (Å²) in [7, 11) is -3.37. The predicted molar refractivity (Wildman–Crippen MR) is 95.7 cm³/mol. The first-order valence-electron chi connectivity index (χ1n) is 7.82. The first-order valence-corrected chi connectivity index (χ1v) is 9.71. The summed E-state index contributed by atoms with van der Waals surface area (Å²) in [5.41, 5.74) is 1.80. The Balaban J connectivity index is 2.30. The van der Waals surface area contributed by atoms with Crippen LogP contribution in [0.5, 0.6) is 0 Å². The van der Waals surface area contributed by atoms with Crippen molar-refractivity contribution in [1.82, 2.24) is 4.90 Å². The third kappa shape index (κ3) is 4.68. The van der Waals surface area contributed by atoms with Gasteiger partial charge in [0.1, 0.15) is 0 Å². The summed E-state index contributed by atoms with van der Waals surface area (Å²) in [6, 6.07) is 15.1. The number of hydrogen-bond donors (Lipinski definition) is 0. The second-order valence-corrected chi connectivity index (χ2v) is 8.15. The fourth-order valence-corrected chi connectivity index (χ4v) is 3.06. The highest BCUT2D eigenvalue weighted by Crippen LogP contribution is 2.17. The Morgan fingerprint density at radius 3 is 2.32 bits per heavy atom. The minimum Gasteiger partial charge on any atom is -0.332 e. The smallest absolute Gasteiger partial charge is 0.254 e. The number of sulfone groups is 1. The van der Waals surface area contributed by atoms with Crippen LogP contribution in [-0.2, 0) is 16.4 Å². The van der Waals surface area contributed by atoms with Gasteiger partial charge in [-0.2, -0.15) is 5.26 Å². The Kier molecular flexibility index (Phi) is 5.60. The Labute approximate surface area is 148 Å². The van der Waals surface area contributed by atoms with E-state index in [-0.39, 0.29) is 16.8 Å². The summed E-state index contributed by atoms with van der Waals surface area (Å²) in [6.07, 6.45) is 1.12. The lowest BCUT2D eigenvalue weighted by molar-refractivity contribution is 0.0690. The van der Waals surface area contributed by atoms with Crippen molar-refractivity contribution in [2.45, 2.75) is 31.3 Å². The molecule has 0 aromatic heterocycles. The van der Waals surface area contributed by atoms with Crippen LogP contribution in [0, 0.1) is 11.3 Å². The van der Waals surface area contributed by atoms with E-state index in [9.17, 15) is 13.2 Å². The van der Waals surface area contributed by atoms with Crippen LogP contribution in [0.3, 0.4) is 0 Å². The molecule has 2 aromatic rings. The van der Waals surface area contributed by atoms with Gasteiger partial charge in [-0.1, -0.05) is 18.2 Å². The van der Waals surface area contributed by atoms with E-state index in [1.807, 2.05) is 26.0 Å². The van der Waals surface area contributed by atoms with Crippen LogP contribution in [0.25, 0.3) is 0 Å². The second-order valence-electron chi connectivity index (χ2n) is 6.14. The molecule has 25 heavy (non-hydrogen) atoms. The van der Waals surface area contributed by atoms with Gasteiger partial charge in [-0.25, -0.2) is 8.42 Å².